The standard InChI is InChI=1S/C13H16FNO/c1-13(2,3)15-12(16)8-7-10-5-4-6-11(14)9-10/h4-9H,1-3H3,(H,15,16)/b8-7+. The van der Waals surface area contributed by atoms with Crippen LogP contribution in [0.5, 0.6) is 0 Å². The van der Waals surface area contributed by atoms with E-state index in [0.717, 1.165) is 0 Å². The van der Waals surface area contributed by atoms with E-state index in [1.165, 1.54) is 18.2 Å². The Balaban J connectivity index is 2.64. The lowest BCUT2D eigenvalue weighted by atomic mass is 10.1. The van der Waals surface area contributed by atoms with Gasteiger partial charge in [-0.3, -0.25) is 4.79 Å². The fourth-order valence-corrected chi connectivity index (χ4v) is 1.19. The average molecular weight is 221 g/mol. The Labute approximate surface area is 95.2 Å². The van der Waals surface area contributed by atoms with Gasteiger partial charge in [-0.1, -0.05) is 12.1 Å². The molecule has 0 heterocycles. The van der Waals surface area contributed by atoms with Gasteiger partial charge in [0.25, 0.3) is 0 Å². The van der Waals surface area contributed by atoms with Crippen LogP contribution in [0.3, 0.4) is 0 Å². The zero-order valence-electron chi connectivity index (χ0n) is 9.75. The Morgan fingerprint density at radius 2 is 2.06 bits per heavy atom. The molecule has 0 aliphatic carbocycles. The topological polar surface area (TPSA) is 29.1 Å². The summed E-state index contributed by atoms with van der Waals surface area (Å²) in [6.45, 7) is 5.71. The van der Waals surface area contributed by atoms with Crippen LogP contribution in [-0.2, 0) is 4.79 Å². The van der Waals surface area contributed by atoms with E-state index in [-0.39, 0.29) is 17.3 Å². The van der Waals surface area contributed by atoms with Crippen molar-refractivity contribution in [3.63, 3.8) is 0 Å². The second kappa shape index (κ2) is 4.92. The van der Waals surface area contributed by atoms with Crippen LogP contribution in [0.15, 0.2) is 30.3 Å². The molecular formula is C13H16FNO. The van der Waals surface area contributed by atoms with Gasteiger partial charge in [0, 0.05) is 11.6 Å². The van der Waals surface area contributed by atoms with E-state index in [9.17, 15) is 9.18 Å². The zero-order valence-corrected chi connectivity index (χ0v) is 9.75. The number of hydrogen-bond acceptors (Lipinski definition) is 1. The summed E-state index contributed by atoms with van der Waals surface area (Å²) in [6, 6.07) is 6.09. The minimum absolute atomic E-state index is 0.184. The highest BCUT2D eigenvalue weighted by Gasteiger charge is 2.10. The van der Waals surface area contributed by atoms with Crippen molar-refractivity contribution >= 4 is 12.0 Å². The summed E-state index contributed by atoms with van der Waals surface area (Å²) >= 11 is 0. The van der Waals surface area contributed by atoms with Crippen molar-refractivity contribution in [1.82, 2.24) is 5.32 Å². The highest BCUT2D eigenvalue weighted by Crippen LogP contribution is 2.05. The fourth-order valence-electron chi connectivity index (χ4n) is 1.19. The number of carbonyl (C=O) groups excluding carboxylic acids is 1. The third-order valence-electron chi connectivity index (χ3n) is 1.77. The van der Waals surface area contributed by atoms with Crippen LogP contribution in [0, 0.1) is 5.82 Å². The number of nitrogens with one attached hydrogen (secondary N) is 1. The van der Waals surface area contributed by atoms with E-state index < -0.39 is 0 Å². The first-order chi connectivity index (χ1) is 7.37. The molecule has 0 aliphatic rings. The van der Waals surface area contributed by atoms with Crippen LogP contribution in [0.2, 0.25) is 0 Å². The van der Waals surface area contributed by atoms with Crippen LogP contribution in [0.1, 0.15) is 26.3 Å². The molecule has 0 saturated heterocycles. The number of rotatable bonds is 2. The van der Waals surface area contributed by atoms with Crippen LogP contribution in [0.25, 0.3) is 6.08 Å². The van der Waals surface area contributed by atoms with E-state index in [4.69, 9.17) is 0 Å². The van der Waals surface area contributed by atoms with Gasteiger partial charge in [-0.25, -0.2) is 4.39 Å². The van der Waals surface area contributed by atoms with Gasteiger partial charge >= 0.3 is 0 Å². The lowest BCUT2D eigenvalue weighted by molar-refractivity contribution is -0.117. The Hall–Kier alpha value is -1.64. The van der Waals surface area contributed by atoms with Crippen molar-refractivity contribution in [2.24, 2.45) is 0 Å². The number of halogens is 1. The monoisotopic (exact) mass is 221 g/mol. The largest absolute Gasteiger partial charge is 0.348 e. The Bertz CT molecular complexity index is 405. The highest BCUT2D eigenvalue weighted by atomic mass is 19.1. The molecule has 1 N–H and O–H groups in total. The molecule has 86 valence electrons. The maximum atomic E-state index is 12.8. The van der Waals surface area contributed by atoms with Gasteiger partial charge in [-0.15, -0.1) is 0 Å². The average Bonchev–Trinajstić information content (AvgIpc) is 2.12. The summed E-state index contributed by atoms with van der Waals surface area (Å²) in [5, 5.41) is 2.78. The molecule has 1 amide bonds. The van der Waals surface area contributed by atoms with E-state index >= 15 is 0 Å². The normalized spacial score (nSPS) is 11.8. The van der Waals surface area contributed by atoms with E-state index in [1.54, 1.807) is 18.2 Å². The smallest absolute Gasteiger partial charge is 0.244 e. The van der Waals surface area contributed by atoms with Crippen LogP contribution >= 0.6 is 0 Å². The first kappa shape index (κ1) is 12.4. The molecule has 0 aliphatic heterocycles. The van der Waals surface area contributed by atoms with Crippen molar-refractivity contribution in [2.45, 2.75) is 26.3 Å². The molecule has 1 aromatic carbocycles. The van der Waals surface area contributed by atoms with Crippen LogP contribution < -0.4 is 5.32 Å². The van der Waals surface area contributed by atoms with Gasteiger partial charge in [0.1, 0.15) is 5.82 Å². The molecule has 0 fully saturated rings. The van der Waals surface area contributed by atoms with E-state index in [1.807, 2.05) is 20.8 Å². The molecule has 2 nitrogen and oxygen atoms in total. The molecule has 1 rings (SSSR count). The summed E-state index contributed by atoms with van der Waals surface area (Å²) in [4.78, 5) is 11.4. The van der Waals surface area contributed by atoms with Crippen molar-refractivity contribution in [3.8, 4) is 0 Å². The van der Waals surface area contributed by atoms with Crippen molar-refractivity contribution in [3.05, 3.63) is 41.7 Å². The van der Waals surface area contributed by atoms with E-state index in [0.29, 0.717) is 5.56 Å². The molecule has 0 bridgehead atoms. The summed E-state index contributed by atoms with van der Waals surface area (Å²) in [7, 11) is 0. The molecule has 0 radical (unpaired) electrons. The highest BCUT2D eigenvalue weighted by molar-refractivity contribution is 5.92. The van der Waals surface area contributed by atoms with Gasteiger partial charge in [0.2, 0.25) is 5.91 Å². The summed E-state index contributed by atoms with van der Waals surface area (Å²) in [5.74, 6) is -0.491. The van der Waals surface area contributed by atoms with Crippen molar-refractivity contribution < 1.29 is 9.18 Å². The second-order valence-corrected chi connectivity index (χ2v) is 4.63. The fraction of sp³-hybridized carbons (Fsp3) is 0.308. The number of hydrogen-bond donors (Lipinski definition) is 1. The molecule has 0 aromatic heterocycles. The Morgan fingerprint density at radius 3 is 2.62 bits per heavy atom. The van der Waals surface area contributed by atoms with Gasteiger partial charge in [-0.2, -0.15) is 0 Å². The number of carbonyl (C=O) groups is 1. The molecule has 0 unspecified atom stereocenters. The molecular weight excluding hydrogens is 205 g/mol. The quantitative estimate of drug-likeness (QED) is 0.764. The maximum Gasteiger partial charge on any atom is 0.244 e. The zero-order chi connectivity index (χ0) is 12.2. The van der Waals surface area contributed by atoms with Crippen molar-refractivity contribution in [1.29, 1.82) is 0 Å². The van der Waals surface area contributed by atoms with E-state index in [2.05, 4.69) is 5.32 Å². The molecule has 0 atom stereocenters. The second-order valence-electron chi connectivity index (χ2n) is 4.63. The Morgan fingerprint density at radius 1 is 1.38 bits per heavy atom. The van der Waals surface area contributed by atoms with Crippen LogP contribution in [0.4, 0.5) is 4.39 Å². The SMILES string of the molecule is CC(C)(C)NC(=O)/C=C/c1cccc(F)c1. The third-order valence-corrected chi connectivity index (χ3v) is 1.77. The maximum absolute atomic E-state index is 12.8. The minimum Gasteiger partial charge on any atom is -0.348 e. The molecule has 16 heavy (non-hydrogen) atoms. The number of benzene rings is 1. The first-order valence-corrected chi connectivity index (χ1v) is 5.13. The summed E-state index contributed by atoms with van der Waals surface area (Å²) in [5.41, 5.74) is 0.410. The van der Waals surface area contributed by atoms with Gasteiger partial charge in [0.15, 0.2) is 0 Å². The summed E-state index contributed by atoms with van der Waals surface area (Å²) < 4.78 is 12.8. The lowest BCUT2D eigenvalue weighted by Gasteiger charge is -2.18. The first-order valence-electron chi connectivity index (χ1n) is 5.13. The van der Waals surface area contributed by atoms with Gasteiger partial charge < -0.3 is 5.32 Å². The number of amides is 1. The lowest BCUT2D eigenvalue weighted by Crippen LogP contribution is -2.39. The molecule has 1 aromatic rings. The van der Waals surface area contributed by atoms with Crippen LogP contribution in [-0.4, -0.2) is 11.4 Å². The molecule has 0 spiro atoms. The Kier molecular flexibility index (Phi) is 3.82. The molecule has 0 saturated carbocycles. The van der Waals surface area contributed by atoms with Crippen molar-refractivity contribution in [2.75, 3.05) is 0 Å². The third kappa shape index (κ3) is 4.73. The predicted octanol–water partition coefficient (Wildman–Crippen LogP) is 2.75. The van der Waals surface area contributed by atoms with Gasteiger partial charge in [0.05, 0.1) is 0 Å². The molecule has 3 heteroatoms. The predicted molar refractivity (Wildman–Crippen MR) is 63.3 cm³/mol. The minimum atomic E-state index is -0.307. The van der Waals surface area contributed by atoms with Gasteiger partial charge in [-0.05, 0) is 44.5 Å². The summed E-state index contributed by atoms with van der Waals surface area (Å²) in [6.07, 6.45) is 2.99.